The van der Waals surface area contributed by atoms with Gasteiger partial charge in [0, 0.05) is 6.54 Å². The third-order valence-corrected chi connectivity index (χ3v) is 2.71. The number of anilines is 1. The summed E-state index contributed by atoms with van der Waals surface area (Å²) < 4.78 is 48.0. The second kappa shape index (κ2) is 5.55. The van der Waals surface area contributed by atoms with E-state index in [0.717, 1.165) is 0 Å². The third kappa shape index (κ3) is 3.39. The van der Waals surface area contributed by atoms with Gasteiger partial charge >= 0.3 is 6.36 Å². The number of halogens is 3. The smallest absolute Gasteiger partial charge is 0.433 e. The Morgan fingerprint density at radius 3 is 2.43 bits per heavy atom. The number of aromatic nitrogens is 2. The van der Waals surface area contributed by atoms with Crippen LogP contribution in [-0.2, 0) is 6.54 Å². The van der Waals surface area contributed by atoms with Gasteiger partial charge in [-0.1, -0.05) is 12.1 Å². The van der Waals surface area contributed by atoms with Crippen molar-refractivity contribution in [1.29, 1.82) is 0 Å². The predicted molar refractivity (Wildman–Crippen MR) is 70.2 cm³/mol. The van der Waals surface area contributed by atoms with Crippen molar-refractivity contribution in [2.24, 2.45) is 0 Å². The zero-order valence-electron chi connectivity index (χ0n) is 11.4. The monoisotopic (exact) mass is 301 g/mol. The zero-order valence-corrected chi connectivity index (χ0v) is 11.4. The van der Waals surface area contributed by atoms with E-state index in [1.54, 1.807) is 6.92 Å². The summed E-state index contributed by atoms with van der Waals surface area (Å²) in [7, 11) is 0. The number of hydrogen-bond donors (Lipinski definition) is 1. The minimum atomic E-state index is -4.80. The number of nitrogens with zero attached hydrogens (tertiary/aromatic N) is 2. The molecule has 0 aliphatic carbocycles. The van der Waals surface area contributed by atoms with E-state index >= 15 is 0 Å². The van der Waals surface area contributed by atoms with Crippen molar-refractivity contribution in [1.82, 2.24) is 9.78 Å². The van der Waals surface area contributed by atoms with Crippen LogP contribution in [0, 0.1) is 6.92 Å². The molecule has 1 aromatic heterocycles. The van der Waals surface area contributed by atoms with Crippen molar-refractivity contribution in [2.75, 3.05) is 5.73 Å². The van der Waals surface area contributed by atoms with Gasteiger partial charge in [-0.25, -0.2) is 4.68 Å². The number of alkyl halides is 3. The number of para-hydroxylation sites is 2. The Morgan fingerprint density at radius 1 is 1.24 bits per heavy atom. The second-order valence-electron chi connectivity index (χ2n) is 4.22. The van der Waals surface area contributed by atoms with Crippen molar-refractivity contribution in [3.63, 3.8) is 0 Å². The summed E-state index contributed by atoms with van der Waals surface area (Å²) in [5.41, 5.74) is 6.65. The highest BCUT2D eigenvalue weighted by molar-refractivity contribution is 5.55. The first-order chi connectivity index (χ1) is 9.81. The summed E-state index contributed by atoms with van der Waals surface area (Å²) >= 11 is 0. The molecule has 0 spiro atoms. The predicted octanol–water partition coefficient (Wildman–Crippen LogP) is 3.48. The maximum atomic E-state index is 12.4. The number of nitrogen functional groups attached to an aromatic ring is 1. The third-order valence-electron chi connectivity index (χ3n) is 2.71. The molecule has 114 valence electrons. The number of ether oxygens (including phenoxy) is 2. The van der Waals surface area contributed by atoms with Crippen LogP contribution in [-0.4, -0.2) is 16.1 Å². The Bertz CT molecular complexity index is 638. The summed E-state index contributed by atoms with van der Waals surface area (Å²) in [4.78, 5) is 0. The largest absolute Gasteiger partial charge is 0.573 e. The van der Waals surface area contributed by atoms with Crippen LogP contribution < -0.4 is 15.2 Å². The van der Waals surface area contributed by atoms with Crippen molar-refractivity contribution < 1.29 is 22.6 Å². The SMILES string of the molecule is CCn1nc(C)c(N)c1Oc1ccccc1OC(F)(F)F. The summed E-state index contributed by atoms with van der Waals surface area (Å²) in [6, 6.07) is 5.48. The molecule has 1 aromatic carbocycles. The van der Waals surface area contributed by atoms with E-state index in [0.29, 0.717) is 12.2 Å². The minimum absolute atomic E-state index is 0.0869. The topological polar surface area (TPSA) is 62.3 Å². The summed E-state index contributed by atoms with van der Waals surface area (Å²) in [6.07, 6.45) is -4.80. The Hall–Kier alpha value is -2.38. The molecule has 0 atom stereocenters. The first kappa shape index (κ1) is 15.0. The Kier molecular flexibility index (Phi) is 3.97. The number of aryl methyl sites for hydroxylation is 2. The molecule has 0 saturated carbocycles. The van der Waals surface area contributed by atoms with Crippen LogP contribution >= 0.6 is 0 Å². The van der Waals surface area contributed by atoms with Gasteiger partial charge in [-0.15, -0.1) is 13.2 Å². The molecule has 2 aromatic rings. The van der Waals surface area contributed by atoms with E-state index in [1.165, 1.54) is 28.9 Å². The van der Waals surface area contributed by atoms with E-state index in [9.17, 15) is 13.2 Å². The van der Waals surface area contributed by atoms with E-state index < -0.39 is 12.1 Å². The first-order valence-electron chi connectivity index (χ1n) is 6.17. The standard InChI is InChI=1S/C13H14F3N3O2/c1-3-19-12(11(17)8(2)18-19)20-9-6-4-5-7-10(9)21-13(14,15)16/h4-7H,3,17H2,1-2H3. The van der Waals surface area contributed by atoms with Crippen molar-refractivity contribution >= 4 is 5.69 Å². The highest BCUT2D eigenvalue weighted by atomic mass is 19.4. The van der Waals surface area contributed by atoms with Gasteiger partial charge in [0.1, 0.15) is 5.69 Å². The molecule has 0 aliphatic heterocycles. The van der Waals surface area contributed by atoms with Crippen LogP contribution in [0.2, 0.25) is 0 Å². The van der Waals surface area contributed by atoms with Crippen LogP contribution in [0.4, 0.5) is 18.9 Å². The molecule has 0 unspecified atom stereocenters. The molecule has 21 heavy (non-hydrogen) atoms. The van der Waals surface area contributed by atoms with Crippen LogP contribution in [0.15, 0.2) is 24.3 Å². The Morgan fingerprint density at radius 2 is 1.86 bits per heavy atom. The fourth-order valence-corrected chi connectivity index (χ4v) is 1.74. The van der Waals surface area contributed by atoms with Crippen molar-refractivity contribution in [3.05, 3.63) is 30.0 Å². The fraction of sp³-hybridized carbons (Fsp3) is 0.308. The fourth-order valence-electron chi connectivity index (χ4n) is 1.74. The molecule has 2 N–H and O–H groups in total. The number of benzene rings is 1. The van der Waals surface area contributed by atoms with Crippen LogP contribution in [0.25, 0.3) is 0 Å². The summed E-state index contributed by atoms with van der Waals surface area (Å²) in [6.45, 7) is 3.97. The van der Waals surface area contributed by atoms with Gasteiger partial charge in [0.2, 0.25) is 5.88 Å². The van der Waals surface area contributed by atoms with Gasteiger partial charge in [0.05, 0.1) is 5.69 Å². The number of nitrogens with two attached hydrogens (primary N) is 1. The lowest BCUT2D eigenvalue weighted by Gasteiger charge is -2.14. The first-order valence-corrected chi connectivity index (χ1v) is 6.17. The number of hydrogen-bond acceptors (Lipinski definition) is 4. The normalized spacial score (nSPS) is 11.5. The molecular formula is C13H14F3N3O2. The van der Waals surface area contributed by atoms with Crippen LogP contribution in [0.1, 0.15) is 12.6 Å². The highest BCUT2D eigenvalue weighted by Gasteiger charge is 2.32. The molecule has 1 heterocycles. The maximum absolute atomic E-state index is 12.4. The lowest BCUT2D eigenvalue weighted by molar-refractivity contribution is -0.275. The molecule has 5 nitrogen and oxygen atoms in total. The molecule has 0 radical (unpaired) electrons. The lowest BCUT2D eigenvalue weighted by atomic mass is 10.3. The zero-order chi connectivity index (χ0) is 15.6. The van der Waals surface area contributed by atoms with Crippen molar-refractivity contribution in [2.45, 2.75) is 26.8 Å². The van der Waals surface area contributed by atoms with Gasteiger partial charge in [-0.2, -0.15) is 5.10 Å². The van der Waals surface area contributed by atoms with E-state index in [-0.39, 0.29) is 17.3 Å². The quantitative estimate of drug-likeness (QED) is 0.939. The molecule has 0 bridgehead atoms. The van der Waals surface area contributed by atoms with E-state index in [4.69, 9.17) is 10.5 Å². The Labute approximate surface area is 119 Å². The summed E-state index contributed by atoms with van der Waals surface area (Å²) in [5.74, 6) is -0.338. The van der Waals surface area contributed by atoms with E-state index in [2.05, 4.69) is 9.84 Å². The Balaban J connectivity index is 2.36. The van der Waals surface area contributed by atoms with Gasteiger partial charge in [0.25, 0.3) is 0 Å². The maximum Gasteiger partial charge on any atom is 0.573 e. The molecule has 0 aliphatic rings. The molecule has 8 heteroatoms. The van der Waals surface area contributed by atoms with Crippen LogP contribution in [0.5, 0.6) is 17.4 Å². The van der Waals surface area contributed by atoms with Gasteiger partial charge in [0.15, 0.2) is 11.5 Å². The summed E-state index contributed by atoms with van der Waals surface area (Å²) in [5, 5.41) is 4.13. The second-order valence-corrected chi connectivity index (χ2v) is 4.22. The minimum Gasteiger partial charge on any atom is -0.433 e. The van der Waals surface area contributed by atoms with Crippen molar-refractivity contribution in [3.8, 4) is 17.4 Å². The molecule has 0 fully saturated rings. The van der Waals surface area contributed by atoms with Gasteiger partial charge in [-0.05, 0) is 26.0 Å². The molecular weight excluding hydrogens is 287 g/mol. The van der Waals surface area contributed by atoms with Gasteiger partial charge in [-0.3, -0.25) is 0 Å². The van der Waals surface area contributed by atoms with Crippen LogP contribution in [0.3, 0.4) is 0 Å². The number of rotatable bonds is 4. The molecule has 0 amide bonds. The highest BCUT2D eigenvalue weighted by Crippen LogP contribution is 2.37. The lowest BCUT2D eigenvalue weighted by Crippen LogP contribution is -2.17. The average molecular weight is 301 g/mol. The molecule has 0 saturated heterocycles. The molecule has 2 rings (SSSR count). The average Bonchev–Trinajstić information content (AvgIpc) is 2.67. The van der Waals surface area contributed by atoms with E-state index in [1.807, 2.05) is 6.92 Å². The van der Waals surface area contributed by atoms with Gasteiger partial charge < -0.3 is 15.2 Å².